The molecule has 0 heterocycles. The van der Waals surface area contributed by atoms with Crippen molar-refractivity contribution >= 4 is 41.9 Å². The molecule has 26 heavy (non-hydrogen) atoms. The Labute approximate surface area is 174 Å². The number of halogens is 1. The average Bonchev–Trinajstić information content (AvgIpc) is 2.33. The van der Waals surface area contributed by atoms with Gasteiger partial charge in [-0.25, -0.2) is 4.79 Å². The molecule has 0 radical (unpaired) electrons. The van der Waals surface area contributed by atoms with E-state index < -0.39 is 17.2 Å². The van der Waals surface area contributed by atoms with Crippen molar-refractivity contribution in [2.75, 3.05) is 20.1 Å². The largest absolute Gasteiger partial charge is 0.444 e. The first kappa shape index (κ1) is 27.0. The van der Waals surface area contributed by atoms with Crippen LogP contribution in [0.1, 0.15) is 55.4 Å². The molecule has 4 N–H and O–H groups in total. The SMILES string of the molecule is CN=C(NCC(=O)NC(C)(C)C)NCC(C)(C)NC(=O)OC(C)(C)C.I. The zero-order valence-corrected chi connectivity index (χ0v) is 19.8. The maximum atomic E-state index is 11.9. The lowest BCUT2D eigenvalue weighted by atomic mass is 10.1. The van der Waals surface area contributed by atoms with E-state index in [-0.39, 0.29) is 42.0 Å². The Morgan fingerprint density at radius 2 is 1.46 bits per heavy atom. The van der Waals surface area contributed by atoms with Crippen molar-refractivity contribution in [1.29, 1.82) is 0 Å². The number of ether oxygens (including phenoxy) is 1. The van der Waals surface area contributed by atoms with Gasteiger partial charge in [0.2, 0.25) is 5.91 Å². The Bertz CT molecular complexity index is 494. The van der Waals surface area contributed by atoms with Gasteiger partial charge in [-0.2, -0.15) is 0 Å². The zero-order chi connectivity index (χ0) is 19.9. The number of carbonyl (C=O) groups excluding carboxylic acids is 2. The smallest absolute Gasteiger partial charge is 0.408 e. The van der Waals surface area contributed by atoms with Gasteiger partial charge >= 0.3 is 6.09 Å². The molecule has 8 nitrogen and oxygen atoms in total. The minimum Gasteiger partial charge on any atom is -0.444 e. The molecular formula is C17H36IN5O3. The summed E-state index contributed by atoms with van der Waals surface area (Å²) in [5, 5.41) is 11.7. The predicted molar refractivity (Wildman–Crippen MR) is 116 cm³/mol. The van der Waals surface area contributed by atoms with E-state index in [1.807, 2.05) is 55.4 Å². The Morgan fingerprint density at radius 1 is 0.923 bits per heavy atom. The van der Waals surface area contributed by atoms with Crippen molar-refractivity contribution in [2.24, 2.45) is 4.99 Å². The lowest BCUT2D eigenvalue weighted by molar-refractivity contribution is -0.121. The highest BCUT2D eigenvalue weighted by molar-refractivity contribution is 14.0. The van der Waals surface area contributed by atoms with Crippen LogP contribution in [-0.2, 0) is 9.53 Å². The Morgan fingerprint density at radius 3 is 1.88 bits per heavy atom. The molecule has 0 aliphatic rings. The van der Waals surface area contributed by atoms with Crippen LogP contribution in [0.2, 0.25) is 0 Å². The molecule has 0 unspecified atom stereocenters. The second-order valence-corrected chi connectivity index (χ2v) is 8.59. The van der Waals surface area contributed by atoms with Gasteiger partial charge in [0.05, 0.1) is 12.1 Å². The molecule has 0 bridgehead atoms. The van der Waals surface area contributed by atoms with Gasteiger partial charge in [0.25, 0.3) is 0 Å². The molecule has 0 atom stereocenters. The minimum absolute atomic E-state index is 0. The third kappa shape index (κ3) is 15.0. The molecule has 0 aliphatic heterocycles. The number of hydrogen-bond donors (Lipinski definition) is 4. The fraction of sp³-hybridized carbons (Fsp3) is 0.824. The summed E-state index contributed by atoms with van der Waals surface area (Å²) >= 11 is 0. The lowest BCUT2D eigenvalue weighted by Gasteiger charge is -2.29. The van der Waals surface area contributed by atoms with Crippen molar-refractivity contribution < 1.29 is 14.3 Å². The van der Waals surface area contributed by atoms with E-state index in [0.29, 0.717) is 12.5 Å². The van der Waals surface area contributed by atoms with E-state index in [1.165, 1.54) is 0 Å². The standard InChI is InChI=1S/C17H35N5O3.HI/c1-15(2,3)21-12(23)10-19-13(18-9)20-11-17(7,8)22-14(24)25-16(4,5)6;/h10-11H2,1-9H3,(H,21,23)(H,22,24)(H2,18,19,20);1H. The molecule has 0 spiro atoms. The topological polar surface area (TPSA) is 104 Å². The molecule has 0 aromatic rings. The van der Waals surface area contributed by atoms with Crippen LogP contribution in [-0.4, -0.2) is 54.8 Å². The van der Waals surface area contributed by atoms with Crippen LogP contribution in [0.15, 0.2) is 4.99 Å². The van der Waals surface area contributed by atoms with Crippen LogP contribution in [0.25, 0.3) is 0 Å². The lowest BCUT2D eigenvalue weighted by Crippen LogP contribution is -2.55. The molecule has 9 heteroatoms. The third-order valence-corrected chi connectivity index (χ3v) is 2.69. The number of carbonyl (C=O) groups is 2. The number of rotatable bonds is 5. The van der Waals surface area contributed by atoms with E-state index in [9.17, 15) is 9.59 Å². The van der Waals surface area contributed by atoms with E-state index in [1.54, 1.807) is 7.05 Å². The number of guanidine groups is 1. The summed E-state index contributed by atoms with van der Waals surface area (Å²) < 4.78 is 5.26. The van der Waals surface area contributed by atoms with Crippen molar-refractivity contribution in [3.05, 3.63) is 0 Å². The highest BCUT2D eigenvalue weighted by atomic mass is 127. The van der Waals surface area contributed by atoms with Gasteiger partial charge in [-0.1, -0.05) is 0 Å². The fourth-order valence-corrected chi connectivity index (χ4v) is 1.78. The molecule has 0 saturated carbocycles. The van der Waals surface area contributed by atoms with Crippen LogP contribution in [0.3, 0.4) is 0 Å². The monoisotopic (exact) mass is 485 g/mol. The summed E-state index contributed by atoms with van der Waals surface area (Å²) in [6.45, 7) is 15.4. The van der Waals surface area contributed by atoms with Crippen molar-refractivity contribution in [3.63, 3.8) is 0 Å². The van der Waals surface area contributed by atoms with E-state index in [2.05, 4.69) is 26.3 Å². The number of hydrogen-bond acceptors (Lipinski definition) is 4. The van der Waals surface area contributed by atoms with Gasteiger partial charge in [-0.15, -0.1) is 24.0 Å². The molecule has 0 aromatic heterocycles. The highest BCUT2D eigenvalue weighted by Gasteiger charge is 2.25. The minimum atomic E-state index is -0.562. The second-order valence-electron chi connectivity index (χ2n) is 8.59. The first-order valence-electron chi connectivity index (χ1n) is 8.40. The van der Waals surface area contributed by atoms with Gasteiger partial charge in [0, 0.05) is 19.1 Å². The van der Waals surface area contributed by atoms with Gasteiger partial charge in [-0.05, 0) is 55.4 Å². The molecule has 0 fully saturated rings. The number of amides is 2. The first-order chi connectivity index (χ1) is 11.1. The zero-order valence-electron chi connectivity index (χ0n) is 17.5. The quantitative estimate of drug-likeness (QED) is 0.271. The Kier molecular flexibility index (Phi) is 11.2. The van der Waals surface area contributed by atoms with E-state index in [4.69, 9.17) is 4.74 Å². The third-order valence-electron chi connectivity index (χ3n) is 2.69. The fourth-order valence-electron chi connectivity index (χ4n) is 1.78. The number of nitrogens with one attached hydrogen (secondary N) is 4. The first-order valence-corrected chi connectivity index (χ1v) is 8.40. The van der Waals surface area contributed by atoms with Crippen molar-refractivity contribution in [3.8, 4) is 0 Å². The molecule has 154 valence electrons. The molecular weight excluding hydrogens is 449 g/mol. The number of nitrogens with zero attached hydrogens (tertiary/aromatic N) is 1. The average molecular weight is 485 g/mol. The molecule has 0 aromatic carbocycles. The molecule has 0 aliphatic carbocycles. The predicted octanol–water partition coefficient (Wildman–Crippen LogP) is 1.99. The van der Waals surface area contributed by atoms with Crippen molar-refractivity contribution in [1.82, 2.24) is 21.3 Å². The Hall–Kier alpha value is -1.26. The van der Waals surface area contributed by atoms with E-state index in [0.717, 1.165) is 0 Å². The van der Waals surface area contributed by atoms with Crippen molar-refractivity contribution in [2.45, 2.75) is 72.1 Å². The number of alkyl carbamates (subject to hydrolysis) is 1. The maximum Gasteiger partial charge on any atom is 0.408 e. The maximum absolute atomic E-state index is 11.9. The van der Waals surface area contributed by atoms with Crippen LogP contribution >= 0.6 is 24.0 Å². The van der Waals surface area contributed by atoms with Crippen LogP contribution in [0.5, 0.6) is 0 Å². The van der Waals surface area contributed by atoms with Gasteiger partial charge < -0.3 is 26.0 Å². The summed E-state index contributed by atoms with van der Waals surface area (Å²) in [6.07, 6.45) is -0.480. The highest BCUT2D eigenvalue weighted by Crippen LogP contribution is 2.09. The molecule has 0 rings (SSSR count). The van der Waals surface area contributed by atoms with E-state index >= 15 is 0 Å². The summed E-state index contributed by atoms with van der Waals surface area (Å²) in [5.74, 6) is 0.352. The summed E-state index contributed by atoms with van der Waals surface area (Å²) in [6, 6.07) is 0. The summed E-state index contributed by atoms with van der Waals surface area (Å²) in [5.41, 5.74) is -1.39. The van der Waals surface area contributed by atoms with Gasteiger partial charge in [0.1, 0.15) is 5.60 Å². The molecule has 0 saturated heterocycles. The Balaban J connectivity index is 0. The summed E-state index contributed by atoms with van der Waals surface area (Å²) in [7, 11) is 1.62. The van der Waals surface area contributed by atoms with Gasteiger partial charge in [-0.3, -0.25) is 9.79 Å². The molecule has 2 amide bonds. The normalized spacial score (nSPS) is 12.6. The van der Waals surface area contributed by atoms with Crippen LogP contribution < -0.4 is 21.3 Å². The van der Waals surface area contributed by atoms with Crippen LogP contribution in [0, 0.1) is 0 Å². The summed E-state index contributed by atoms with van der Waals surface area (Å²) in [4.78, 5) is 27.8. The number of aliphatic imine (C=N–C) groups is 1. The van der Waals surface area contributed by atoms with Crippen LogP contribution in [0.4, 0.5) is 4.79 Å². The second kappa shape index (κ2) is 10.8. The van der Waals surface area contributed by atoms with Gasteiger partial charge in [0.15, 0.2) is 5.96 Å².